The molecule has 26 heavy (non-hydrogen) atoms. The zero-order chi connectivity index (χ0) is 18.7. The van der Waals surface area contributed by atoms with Crippen LogP contribution in [0, 0.1) is 5.21 Å². The molecule has 0 radical (unpaired) electrons. The highest BCUT2D eigenvalue weighted by atomic mass is 16.8. The van der Waals surface area contributed by atoms with E-state index in [4.69, 9.17) is 0 Å². The molecule has 136 valence electrons. The summed E-state index contributed by atoms with van der Waals surface area (Å²) >= 11 is 0. The number of benzene rings is 2. The number of hydrogen-bond donors (Lipinski definition) is 3. The Kier molecular flexibility index (Phi) is 5.49. The van der Waals surface area contributed by atoms with Crippen molar-refractivity contribution in [2.45, 2.75) is 13.3 Å². The number of quaternary nitrogens is 1. The number of nitrogens with zero attached hydrogens (tertiary/aromatic N) is 1. The van der Waals surface area contributed by atoms with Gasteiger partial charge in [0.1, 0.15) is 5.69 Å². The van der Waals surface area contributed by atoms with Crippen LogP contribution in [0.25, 0.3) is 5.57 Å². The number of rotatable bonds is 5. The molecule has 1 heterocycles. The zero-order valence-electron chi connectivity index (χ0n) is 15.0. The first-order valence-corrected chi connectivity index (χ1v) is 8.57. The molecule has 0 amide bonds. The van der Waals surface area contributed by atoms with Crippen LogP contribution in [0.1, 0.15) is 29.3 Å². The van der Waals surface area contributed by atoms with Gasteiger partial charge < -0.3 is 15.4 Å². The third kappa shape index (κ3) is 4.17. The van der Waals surface area contributed by atoms with Crippen LogP contribution in [-0.2, 0) is 0 Å². The van der Waals surface area contributed by atoms with Gasteiger partial charge in [-0.1, -0.05) is 18.2 Å². The average Bonchev–Trinajstić information content (AvgIpc) is 2.62. The van der Waals surface area contributed by atoms with E-state index in [2.05, 4.69) is 29.4 Å². The van der Waals surface area contributed by atoms with Gasteiger partial charge in [-0.3, -0.25) is 4.79 Å². The summed E-state index contributed by atoms with van der Waals surface area (Å²) in [5, 5.41) is 23.2. The molecule has 0 saturated carbocycles. The van der Waals surface area contributed by atoms with E-state index in [9.17, 15) is 15.2 Å². The maximum absolute atomic E-state index is 11.6. The van der Waals surface area contributed by atoms with Gasteiger partial charge >= 0.3 is 0 Å². The van der Waals surface area contributed by atoms with Crippen LogP contribution in [0.2, 0.25) is 0 Å². The number of hydrogen-bond acceptors (Lipinski definition) is 5. The lowest BCUT2D eigenvalue weighted by Gasteiger charge is -2.23. The molecule has 2 aromatic rings. The first-order valence-electron chi connectivity index (χ1n) is 8.57. The monoisotopic (exact) mass is 353 g/mol. The number of likely N-dealkylation sites (N-methyl/N-ethyl adjacent to an activating group) is 1. The fourth-order valence-corrected chi connectivity index (χ4v) is 3.10. The van der Waals surface area contributed by atoms with Crippen LogP contribution in [0.15, 0.2) is 48.5 Å². The minimum absolute atomic E-state index is 0.0831. The van der Waals surface area contributed by atoms with Crippen molar-refractivity contribution in [2.24, 2.45) is 0 Å². The molecule has 6 nitrogen and oxygen atoms in total. The van der Waals surface area contributed by atoms with Crippen molar-refractivity contribution in [3.05, 3.63) is 64.9 Å². The molecular weight excluding hydrogens is 330 g/mol. The van der Waals surface area contributed by atoms with Crippen molar-refractivity contribution in [1.29, 1.82) is 0 Å². The predicted molar refractivity (Wildman–Crippen MR) is 102 cm³/mol. The Morgan fingerprint density at radius 1 is 1.27 bits per heavy atom. The van der Waals surface area contributed by atoms with E-state index in [0.717, 1.165) is 30.8 Å². The third-order valence-electron chi connectivity index (χ3n) is 4.51. The normalized spacial score (nSPS) is 16.1. The van der Waals surface area contributed by atoms with E-state index >= 15 is 0 Å². The minimum Gasteiger partial charge on any atom is -0.595 e. The molecule has 1 atom stereocenters. The van der Waals surface area contributed by atoms with E-state index in [1.165, 1.54) is 18.6 Å². The molecule has 1 aliphatic rings. The summed E-state index contributed by atoms with van der Waals surface area (Å²) in [6.45, 7) is 3.38. The van der Waals surface area contributed by atoms with Gasteiger partial charge in [-0.05, 0) is 55.8 Å². The maximum Gasteiger partial charge on any atom is 0.188 e. The van der Waals surface area contributed by atoms with Gasteiger partial charge in [0, 0.05) is 30.4 Å². The van der Waals surface area contributed by atoms with Crippen LogP contribution in [0.5, 0.6) is 0 Å². The summed E-state index contributed by atoms with van der Waals surface area (Å²) in [5.74, 6) is -0.158. The number of carbonyl (C=O) groups is 1. The first kappa shape index (κ1) is 18.3. The summed E-state index contributed by atoms with van der Waals surface area (Å²) in [5.41, 5.74) is 4.15. The van der Waals surface area contributed by atoms with Crippen LogP contribution in [0.4, 0.5) is 17.1 Å². The van der Waals surface area contributed by atoms with Crippen LogP contribution >= 0.6 is 0 Å². The topological polar surface area (TPSA) is 80.1 Å². The Balaban J connectivity index is 1.89. The molecular formula is C20H23N3O3. The van der Waals surface area contributed by atoms with Crippen molar-refractivity contribution in [3.63, 3.8) is 0 Å². The summed E-state index contributed by atoms with van der Waals surface area (Å²) in [6, 6.07) is 12.6. The van der Waals surface area contributed by atoms with Gasteiger partial charge in [0.15, 0.2) is 11.5 Å². The predicted octanol–water partition coefficient (Wildman–Crippen LogP) is 2.76. The van der Waals surface area contributed by atoms with E-state index in [1.54, 1.807) is 12.1 Å². The number of Topliss-reactive ketones (excluding diaryl/α,β-unsaturated/α-hetero) is 1. The second-order valence-corrected chi connectivity index (χ2v) is 6.58. The second-order valence-electron chi connectivity index (χ2n) is 6.58. The lowest BCUT2D eigenvalue weighted by Crippen LogP contribution is -2.99. The Hall–Kier alpha value is -2.51. The van der Waals surface area contributed by atoms with Crippen molar-refractivity contribution in [2.75, 3.05) is 25.5 Å². The Bertz CT molecular complexity index is 846. The van der Waals surface area contributed by atoms with Crippen molar-refractivity contribution in [1.82, 2.24) is 4.90 Å². The highest BCUT2D eigenvalue weighted by Crippen LogP contribution is 2.27. The zero-order valence-corrected chi connectivity index (χ0v) is 15.0. The molecule has 0 aromatic heterocycles. The number of carbonyl (C=O) groups excluding carboxylic acids is 1. The molecule has 0 fully saturated rings. The number of nitrogens with one attached hydrogen (secondary N) is 2. The highest BCUT2D eigenvalue weighted by Gasteiger charge is 2.14. The Labute approximate surface area is 152 Å². The van der Waals surface area contributed by atoms with Crippen molar-refractivity contribution in [3.8, 4) is 0 Å². The molecule has 1 aliphatic heterocycles. The average molecular weight is 353 g/mol. The lowest BCUT2D eigenvalue weighted by atomic mass is 10.0. The standard InChI is InChI=1S/C20H23N3O3/c1-14(24)15-8-9-19(20(12-15)23(25)26)21-18-7-3-5-16(11-18)17-6-4-10-22(2)13-17/h3,5-9,11-12,21,23,25H,4,10,13H2,1-2H3. The second kappa shape index (κ2) is 7.80. The van der Waals surface area contributed by atoms with Crippen molar-refractivity contribution >= 4 is 28.4 Å². The lowest BCUT2D eigenvalue weighted by molar-refractivity contribution is -0.990. The summed E-state index contributed by atoms with van der Waals surface area (Å²) in [7, 11) is 2.10. The Morgan fingerprint density at radius 3 is 2.77 bits per heavy atom. The minimum atomic E-state index is -1.07. The molecule has 0 saturated heterocycles. The van der Waals surface area contributed by atoms with E-state index < -0.39 is 5.23 Å². The van der Waals surface area contributed by atoms with Gasteiger partial charge in [-0.2, -0.15) is 5.23 Å². The summed E-state index contributed by atoms with van der Waals surface area (Å²) in [6.07, 6.45) is 3.28. The van der Waals surface area contributed by atoms with Crippen LogP contribution in [-0.4, -0.2) is 36.0 Å². The molecule has 0 bridgehead atoms. The van der Waals surface area contributed by atoms with Crippen LogP contribution in [0.3, 0.4) is 0 Å². The SMILES string of the molecule is CC(=O)c1ccc(Nc2cccc(C3=CCCN(C)C3)c2)c([N@H+]([O-])O)c1. The molecule has 3 rings (SSSR count). The van der Waals surface area contributed by atoms with Gasteiger partial charge in [0.05, 0.1) is 0 Å². The molecule has 0 unspecified atom stereocenters. The maximum atomic E-state index is 11.6. The van der Waals surface area contributed by atoms with Gasteiger partial charge in [0.25, 0.3) is 0 Å². The van der Waals surface area contributed by atoms with E-state index in [1.807, 2.05) is 18.2 Å². The quantitative estimate of drug-likeness (QED) is 0.569. The fraction of sp³-hybridized carbons (Fsp3) is 0.250. The third-order valence-corrected chi connectivity index (χ3v) is 4.51. The first-order chi connectivity index (χ1) is 12.4. The smallest absolute Gasteiger partial charge is 0.188 e. The van der Waals surface area contributed by atoms with Gasteiger partial charge in [0.2, 0.25) is 0 Å². The van der Waals surface area contributed by atoms with Gasteiger partial charge in [-0.25, -0.2) is 5.21 Å². The highest BCUT2D eigenvalue weighted by molar-refractivity contribution is 5.95. The van der Waals surface area contributed by atoms with E-state index in [-0.39, 0.29) is 11.5 Å². The van der Waals surface area contributed by atoms with E-state index in [0.29, 0.717) is 11.3 Å². The largest absolute Gasteiger partial charge is 0.595 e. The molecule has 2 aromatic carbocycles. The number of anilines is 2. The molecule has 0 aliphatic carbocycles. The van der Waals surface area contributed by atoms with Crippen molar-refractivity contribution < 1.29 is 15.2 Å². The number of ketones is 1. The molecule has 6 heteroatoms. The molecule has 3 N–H and O–H groups in total. The Morgan fingerprint density at radius 2 is 2.08 bits per heavy atom. The van der Waals surface area contributed by atoms with Crippen LogP contribution < -0.4 is 10.5 Å². The molecule has 0 spiro atoms. The summed E-state index contributed by atoms with van der Waals surface area (Å²) < 4.78 is 0. The summed E-state index contributed by atoms with van der Waals surface area (Å²) in [4.78, 5) is 13.8. The van der Waals surface area contributed by atoms with Gasteiger partial charge in [-0.15, -0.1) is 0 Å². The fourth-order valence-electron chi connectivity index (χ4n) is 3.10.